The third-order valence-electron chi connectivity index (χ3n) is 3.67. The van der Waals surface area contributed by atoms with Crippen LogP contribution in [0.25, 0.3) is 10.9 Å². The molecule has 6 nitrogen and oxygen atoms in total. The summed E-state index contributed by atoms with van der Waals surface area (Å²) < 4.78 is 5.56. The smallest absolute Gasteiger partial charge is 0.335 e. The minimum absolute atomic E-state index is 0.161. The third kappa shape index (κ3) is 3.42. The second-order valence-corrected chi connectivity index (χ2v) is 5.28. The Labute approximate surface area is 144 Å². The van der Waals surface area contributed by atoms with Crippen LogP contribution in [0.5, 0.6) is 5.75 Å². The molecule has 0 unspecified atom stereocenters. The highest BCUT2D eigenvalue weighted by Crippen LogP contribution is 2.27. The van der Waals surface area contributed by atoms with E-state index in [1.165, 1.54) is 12.1 Å². The van der Waals surface area contributed by atoms with Gasteiger partial charge in [0.15, 0.2) is 0 Å². The first kappa shape index (κ1) is 16.4. The molecule has 3 aromatic rings. The normalized spacial score (nSPS) is 10.4. The summed E-state index contributed by atoms with van der Waals surface area (Å²) in [6, 6.07) is 13.0. The van der Waals surface area contributed by atoms with Crippen molar-refractivity contribution in [3.8, 4) is 5.75 Å². The number of ether oxygens (including phenoxy) is 1. The number of carbonyl (C=O) groups is 2. The monoisotopic (exact) mass is 336 g/mol. The van der Waals surface area contributed by atoms with Crippen molar-refractivity contribution in [2.45, 2.75) is 6.92 Å². The number of carboxylic acids is 1. The highest BCUT2D eigenvalue weighted by atomic mass is 16.5. The number of carboxylic acid groups (broad SMARTS) is 1. The van der Waals surface area contributed by atoms with Gasteiger partial charge in [0, 0.05) is 22.8 Å². The van der Waals surface area contributed by atoms with Gasteiger partial charge in [0.25, 0.3) is 5.91 Å². The summed E-state index contributed by atoms with van der Waals surface area (Å²) in [5.74, 6) is -0.689. The number of aromatic carboxylic acids is 1. The van der Waals surface area contributed by atoms with E-state index in [2.05, 4.69) is 10.3 Å². The number of fused-ring (bicyclic) bond motifs is 1. The molecule has 6 heteroatoms. The maximum atomic E-state index is 12.6. The van der Waals surface area contributed by atoms with Gasteiger partial charge in [-0.2, -0.15) is 0 Å². The van der Waals surface area contributed by atoms with Gasteiger partial charge in [-0.1, -0.05) is 6.07 Å². The molecule has 1 aromatic heterocycles. The Kier molecular flexibility index (Phi) is 4.61. The lowest BCUT2D eigenvalue weighted by atomic mass is 10.1. The van der Waals surface area contributed by atoms with E-state index < -0.39 is 5.97 Å². The van der Waals surface area contributed by atoms with Crippen LogP contribution in [0.1, 0.15) is 27.6 Å². The molecule has 3 rings (SSSR count). The Morgan fingerprint density at radius 3 is 2.56 bits per heavy atom. The second kappa shape index (κ2) is 7.00. The standard InChI is InChI=1S/C19H16N2O4/c1-2-25-16-10-9-15(14-4-3-11-20-17(14)16)18(22)21-13-7-5-12(6-8-13)19(23)24/h3-11H,2H2,1H3,(H,21,22)(H,23,24). The lowest BCUT2D eigenvalue weighted by molar-refractivity contribution is 0.0696. The van der Waals surface area contributed by atoms with Crippen LogP contribution in [0.15, 0.2) is 54.7 Å². The van der Waals surface area contributed by atoms with E-state index in [4.69, 9.17) is 9.84 Å². The number of nitrogens with zero attached hydrogens (tertiary/aromatic N) is 1. The molecule has 25 heavy (non-hydrogen) atoms. The number of anilines is 1. The number of rotatable bonds is 5. The van der Waals surface area contributed by atoms with E-state index in [1.54, 1.807) is 36.5 Å². The van der Waals surface area contributed by atoms with E-state index >= 15 is 0 Å². The minimum atomic E-state index is -1.01. The molecule has 1 heterocycles. The van der Waals surface area contributed by atoms with Crippen molar-refractivity contribution >= 4 is 28.5 Å². The lowest BCUT2D eigenvalue weighted by Crippen LogP contribution is -2.13. The van der Waals surface area contributed by atoms with Crippen LogP contribution >= 0.6 is 0 Å². The highest BCUT2D eigenvalue weighted by Gasteiger charge is 2.14. The Morgan fingerprint density at radius 1 is 1.12 bits per heavy atom. The second-order valence-electron chi connectivity index (χ2n) is 5.28. The quantitative estimate of drug-likeness (QED) is 0.743. The van der Waals surface area contributed by atoms with Crippen LogP contribution in [0, 0.1) is 0 Å². The zero-order chi connectivity index (χ0) is 17.8. The van der Waals surface area contributed by atoms with Gasteiger partial charge in [-0.05, 0) is 49.4 Å². The van der Waals surface area contributed by atoms with Crippen LogP contribution in [0.2, 0.25) is 0 Å². The molecule has 0 spiro atoms. The van der Waals surface area contributed by atoms with Crippen molar-refractivity contribution in [2.24, 2.45) is 0 Å². The molecule has 0 aliphatic rings. The summed E-state index contributed by atoms with van der Waals surface area (Å²) in [5.41, 5.74) is 1.77. The molecular formula is C19H16N2O4. The van der Waals surface area contributed by atoms with E-state index in [1.807, 2.05) is 13.0 Å². The topological polar surface area (TPSA) is 88.5 Å². The summed E-state index contributed by atoms with van der Waals surface area (Å²) >= 11 is 0. The molecule has 2 N–H and O–H groups in total. The minimum Gasteiger partial charge on any atom is -0.492 e. The van der Waals surface area contributed by atoms with Gasteiger partial charge in [0.05, 0.1) is 12.2 Å². The third-order valence-corrected chi connectivity index (χ3v) is 3.67. The SMILES string of the molecule is CCOc1ccc(C(=O)Nc2ccc(C(=O)O)cc2)c2cccnc12. The molecule has 2 aromatic carbocycles. The maximum absolute atomic E-state index is 12.6. The predicted octanol–water partition coefficient (Wildman–Crippen LogP) is 3.58. The molecule has 0 bridgehead atoms. The number of carbonyl (C=O) groups excluding carboxylic acids is 1. The van der Waals surface area contributed by atoms with Crippen LogP contribution < -0.4 is 10.1 Å². The molecule has 0 fully saturated rings. The largest absolute Gasteiger partial charge is 0.492 e. The lowest BCUT2D eigenvalue weighted by Gasteiger charge is -2.11. The predicted molar refractivity (Wildman–Crippen MR) is 94.3 cm³/mol. The Bertz CT molecular complexity index is 936. The van der Waals surface area contributed by atoms with E-state index in [9.17, 15) is 9.59 Å². The van der Waals surface area contributed by atoms with Crippen molar-refractivity contribution in [3.63, 3.8) is 0 Å². The van der Waals surface area contributed by atoms with Crippen LogP contribution in [0.3, 0.4) is 0 Å². The summed E-state index contributed by atoms with van der Waals surface area (Å²) in [5, 5.41) is 12.4. The van der Waals surface area contributed by atoms with Gasteiger partial charge in [-0.15, -0.1) is 0 Å². The zero-order valence-electron chi connectivity index (χ0n) is 13.5. The maximum Gasteiger partial charge on any atom is 0.335 e. The molecule has 0 saturated heterocycles. The number of aromatic nitrogens is 1. The molecule has 126 valence electrons. The molecule has 0 atom stereocenters. The van der Waals surface area contributed by atoms with Gasteiger partial charge in [0.2, 0.25) is 0 Å². The summed E-state index contributed by atoms with van der Waals surface area (Å²) in [6.45, 7) is 2.39. The van der Waals surface area contributed by atoms with Crippen molar-refractivity contribution in [1.29, 1.82) is 0 Å². The summed E-state index contributed by atoms with van der Waals surface area (Å²) in [4.78, 5) is 27.8. The fraction of sp³-hybridized carbons (Fsp3) is 0.105. The molecule has 0 aliphatic heterocycles. The van der Waals surface area contributed by atoms with Gasteiger partial charge >= 0.3 is 5.97 Å². The zero-order valence-corrected chi connectivity index (χ0v) is 13.5. The van der Waals surface area contributed by atoms with E-state index in [0.29, 0.717) is 34.5 Å². The molecule has 0 saturated carbocycles. The highest BCUT2D eigenvalue weighted by molar-refractivity contribution is 6.13. The summed E-state index contributed by atoms with van der Waals surface area (Å²) in [6.07, 6.45) is 1.65. The molecule has 0 radical (unpaired) electrons. The Hall–Kier alpha value is -3.41. The number of amides is 1. The molecule has 0 aliphatic carbocycles. The average Bonchev–Trinajstić information content (AvgIpc) is 2.62. The first-order chi connectivity index (χ1) is 12.1. The van der Waals surface area contributed by atoms with Crippen molar-refractivity contribution < 1.29 is 19.4 Å². The fourth-order valence-electron chi connectivity index (χ4n) is 2.51. The number of hydrogen-bond acceptors (Lipinski definition) is 4. The first-order valence-corrected chi connectivity index (χ1v) is 7.75. The summed E-state index contributed by atoms with van der Waals surface area (Å²) in [7, 11) is 0. The first-order valence-electron chi connectivity index (χ1n) is 7.75. The van der Waals surface area contributed by atoms with E-state index in [0.717, 1.165) is 0 Å². The number of nitrogens with one attached hydrogen (secondary N) is 1. The molecular weight excluding hydrogens is 320 g/mol. The van der Waals surface area contributed by atoms with Crippen LogP contribution in [-0.2, 0) is 0 Å². The van der Waals surface area contributed by atoms with Crippen LogP contribution in [-0.4, -0.2) is 28.6 Å². The van der Waals surface area contributed by atoms with Crippen molar-refractivity contribution in [3.05, 3.63) is 65.9 Å². The number of pyridine rings is 1. The van der Waals surface area contributed by atoms with Crippen molar-refractivity contribution in [2.75, 3.05) is 11.9 Å². The van der Waals surface area contributed by atoms with Crippen molar-refractivity contribution in [1.82, 2.24) is 4.98 Å². The molecule has 1 amide bonds. The van der Waals surface area contributed by atoms with Crippen LogP contribution in [0.4, 0.5) is 5.69 Å². The fourth-order valence-corrected chi connectivity index (χ4v) is 2.51. The van der Waals surface area contributed by atoms with Gasteiger partial charge < -0.3 is 15.2 Å². The Morgan fingerprint density at radius 2 is 1.88 bits per heavy atom. The average molecular weight is 336 g/mol. The van der Waals surface area contributed by atoms with Gasteiger partial charge in [-0.3, -0.25) is 9.78 Å². The van der Waals surface area contributed by atoms with Gasteiger partial charge in [-0.25, -0.2) is 4.79 Å². The Balaban J connectivity index is 1.92. The number of hydrogen-bond donors (Lipinski definition) is 2. The van der Waals surface area contributed by atoms with Gasteiger partial charge in [0.1, 0.15) is 11.3 Å². The number of benzene rings is 2. The van der Waals surface area contributed by atoms with E-state index in [-0.39, 0.29) is 11.5 Å².